The molecule has 0 aliphatic rings. The minimum absolute atomic E-state index is 0.257. The van der Waals surface area contributed by atoms with E-state index in [0.29, 0.717) is 10.1 Å². The Morgan fingerprint density at radius 2 is 1.60 bits per heavy atom. The molecule has 2 amide bonds. The number of aliphatic carboxylic acids is 1. The van der Waals surface area contributed by atoms with Crippen molar-refractivity contribution in [2.75, 3.05) is 6.54 Å². The van der Waals surface area contributed by atoms with Gasteiger partial charge in [0.05, 0.1) is 12.6 Å². The summed E-state index contributed by atoms with van der Waals surface area (Å²) in [6.45, 7) is 0.500. The predicted molar refractivity (Wildman–Crippen MR) is 127 cm³/mol. The number of carbonyl (C=O) groups excluding carboxylic acids is 2. The molecular weight excluding hydrogens is 478 g/mol. The molecule has 182 valence electrons. The molecule has 0 bridgehead atoms. The maximum absolute atomic E-state index is 13.2. The highest BCUT2D eigenvalue weighted by Crippen LogP contribution is 2.30. The average Bonchev–Trinajstić information content (AvgIpc) is 2.82. The largest absolute Gasteiger partial charge is 0.506 e. The molecule has 2 aromatic carbocycles. The van der Waals surface area contributed by atoms with E-state index in [2.05, 4.69) is 5.32 Å². The van der Waals surface area contributed by atoms with Crippen LogP contribution in [0.3, 0.4) is 0 Å². The Balaban J connectivity index is 2.12. The highest BCUT2D eigenvalue weighted by Gasteiger charge is 2.30. The van der Waals surface area contributed by atoms with E-state index in [-0.39, 0.29) is 11.6 Å². The lowest BCUT2D eigenvalue weighted by atomic mass is 10.1. The monoisotopic (exact) mass is 499 g/mol. The number of hydrogen-bond acceptors (Lipinski definition) is 6. The molecular formula is C24H22ClN3O7. The van der Waals surface area contributed by atoms with Gasteiger partial charge in [-0.05, 0) is 24.1 Å². The van der Waals surface area contributed by atoms with Gasteiger partial charge in [-0.15, -0.1) is 0 Å². The Labute approximate surface area is 204 Å². The van der Waals surface area contributed by atoms with Crippen molar-refractivity contribution in [2.24, 2.45) is 0 Å². The first-order valence-corrected chi connectivity index (χ1v) is 10.8. The lowest BCUT2D eigenvalue weighted by Gasteiger charge is -2.19. The van der Waals surface area contributed by atoms with Crippen LogP contribution in [-0.2, 0) is 11.3 Å². The molecule has 0 aliphatic heterocycles. The summed E-state index contributed by atoms with van der Waals surface area (Å²) < 4.78 is 0.707. The fraction of sp³-hybridized carbons (Fsp3) is 0.167. The van der Waals surface area contributed by atoms with E-state index in [1.165, 1.54) is 0 Å². The molecule has 3 rings (SSSR count). The van der Waals surface area contributed by atoms with Crippen LogP contribution >= 0.6 is 11.6 Å². The van der Waals surface area contributed by atoms with Crippen molar-refractivity contribution in [1.82, 2.24) is 15.2 Å². The van der Waals surface area contributed by atoms with Gasteiger partial charge in [0.1, 0.15) is 17.7 Å². The molecule has 0 radical (unpaired) electrons. The molecule has 3 aromatic rings. The van der Waals surface area contributed by atoms with Gasteiger partial charge in [0.25, 0.3) is 17.4 Å². The maximum atomic E-state index is 13.2. The maximum Gasteiger partial charge on any atom is 0.322 e. The number of carbonyl (C=O) groups is 3. The molecule has 0 saturated carbocycles. The van der Waals surface area contributed by atoms with Crippen molar-refractivity contribution in [3.05, 3.63) is 92.2 Å². The van der Waals surface area contributed by atoms with Gasteiger partial charge in [-0.1, -0.05) is 60.1 Å². The molecule has 35 heavy (non-hydrogen) atoms. The predicted octanol–water partition coefficient (Wildman–Crippen LogP) is 2.27. The Morgan fingerprint density at radius 3 is 2.23 bits per heavy atom. The van der Waals surface area contributed by atoms with Gasteiger partial charge in [-0.25, -0.2) is 0 Å². The van der Waals surface area contributed by atoms with Gasteiger partial charge in [0, 0.05) is 5.02 Å². The zero-order valence-corrected chi connectivity index (χ0v) is 19.2. The summed E-state index contributed by atoms with van der Waals surface area (Å²) in [5.41, 5.74) is -1.59. The second-order valence-corrected chi connectivity index (χ2v) is 7.99. The van der Waals surface area contributed by atoms with Gasteiger partial charge >= 0.3 is 5.97 Å². The number of nitrogens with one attached hydrogen (secondary N) is 2. The van der Waals surface area contributed by atoms with E-state index in [1.54, 1.807) is 61.5 Å². The van der Waals surface area contributed by atoms with Crippen molar-refractivity contribution >= 4 is 29.4 Å². The molecule has 10 nitrogen and oxygen atoms in total. The van der Waals surface area contributed by atoms with Crippen molar-refractivity contribution in [1.29, 1.82) is 0 Å². The lowest BCUT2D eigenvalue weighted by Crippen LogP contribution is -2.37. The molecule has 0 spiro atoms. The third-order valence-electron chi connectivity index (χ3n) is 5.20. The Hall–Kier alpha value is -4.31. The van der Waals surface area contributed by atoms with E-state index < -0.39 is 58.7 Å². The zero-order chi connectivity index (χ0) is 25.7. The van der Waals surface area contributed by atoms with Crippen molar-refractivity contribution in [3.63, 3.8) is 0 Å². The minimum Gasteiger partial charge on any atom is -0.506 e. The fourth-order valence-corrected chi connectivity index (χ4v) is 3.59. The summed E-state index contributed by atoms with van der Waals surface area (Å²) in [5, 5.41) is 35.1. The number of carboxylic acid groups (broad SMARTS) is 1. The van der Waals surface area contributed by atoms with Gasteiger partial charge < -0.3 is 26.0 Å². The van der Waals surface area contributed by atoms with Crippen molar-refractivity contribution in [3.8, 4) is 11.6 Å². The number of rotatable bonds is 8. The Morgan fingerprint density at radius 1 is 0.971 bits per heavy atom. The van der Waals surface area contributed by atoms with E-state index in [1.807, 2.05) is 5.32 Å². The number of amides is 2. The first kappa shape index (κ1) is 25.3. The number of hydrogen-bond donors (Lipinski definition) is 5. The van der Waals surface area contributed by atoms with E-state index in [4.69, 9.17) is 16.7 Å². The summed E-state index contributed by atoms with van der Waals surface area (Å²) in [6.07, 6.45) is 0. The molecule has 0 saturated heterocycles. The zero-order valence-electron chi connectivity index (χ0n) is 18.5. The third kappa shape index (κ3) is 5.61. The second-order valence-electron chi connectivity index (χ2n) is 7.59. The van der Waals surface area contributed by atoms with Crippen LogP contribution in [0.15, 0.2) is 59.4 Å². The summed E-state index contributed by atoms with van der Waals surface area (Å²) in [5.74, 6) is -5.60. The SMILES string of the molecule is CC(NC(=O)c1c(O)c(C(=O)NCC(=O)O)c(O)n(Cc2ccccc2Cl)c1=O)c1ccccc1. The molecule has 0 fully saturated rings. The lowest BCUT2D eigenvalue weighted by molar-refractivity contribution is -0.135. The van der Waals surface area contributed by atoms with E-state index in [0.717, 1.165) is 5.56 Å². The first-order valence-electron chi connectivity index (χ1n) is 10.4. The highest BCUT2D eigenvalue weighted by atomic mass is 35.5. The highest BCUT2D eigenvalue weighted by molar-refractivity contribution is 6.31. The molecule has 1 unspecified atom stereocenters. The van der Waals surface area contributed by atoms with Gasteiger partial charge in [-0.2, -0.15) is 0 Å². The molecule has 1 heterocycles. The number of halogens is 1. The number of nitrogens with zero attached hydrogens (tertiary/aromatic N) is 1. The van der Waals surface area contributed by atoms with Crippen LogP contribution in [0.5, 0.6) is 11.6 Å². The quantitative estimate of drug-likeness (QED) is 0.318. The number of carboxylic acids is 1. The number of aromatic hydroxyl groups is 2. The van der Waals surface area contributed by atoms with Crippen LogP contribution in [0.2, 0.25) is 5.02 Å². The van der Waals surface area contributed by atoms with Gasteiger partial charge in [0.15, 0.2) is 5.75 Å². The Kier molecular flexibility index (Phi) is 7.77. The molecule has 1 aromatic heterocycles. The Bertz CT molecular complexity index is 1340. The molecule has 0 aliphatic carbocycles. The topological polar surface area (TPSA) is 158 Å². The summed E-state index contributed by atoms with van der Waals surface area (Å²) in [6, 6.07) is 14.7. The number of pyridine rings is 1. The molecule has 5 N–H and O–H groups in total. The van der Waals surface area contributed by atoms with Gasteiger partial charge in [0.2, 0.25) is 5.88 Å². The average molecular weight is 500 g/mol. The second kappa shape index (κ2) is 10.7. The normalized spacial score (nSPS) is 11.5. The van der Waals surface area contributed by atoms with Crippen molar-refractivity contribution < 1.29 is 29.7 Å². The van der Waals surface area contributed by atoms with E-state index in [9.17, 15) is 29.4 Å². The van der Waals surface area contributed by atoms with Crippen molar-refractivity contribution in [2.45, 2.75) is 19.5 Å². The van der Waals surface area contributed by atoms with Crippen LogP contribution in [0.1, 0.15) is 44.8 Å². The first-order chi connectivity index (χ1) is 16.6. The smallest absolute Gasteiger partial charge is 0.322 e. The summed E-state index contributed by atoms with van der Waals surface area (Å²) in [7, 11) is 0. The molecule has 11 heteroatoms. The third-order valence-corrected chi connectivity index (χ3v) is 5.57. The minimum atomic E-state index is -1.38. The summed E-state index contributed by atoms with van der Waals surface area (Å²) in [4.78, 5) is 49.8. The summed E-state index contributed by atoms with van der Waals surface area (Å²) >= 11 is 6.17. The van der Waals surface area contributed by atoms with Crippen LogP contribution in [0.25, 0.3) is 0 Å². The van der Waals surface area contributed by atoms with E-state index >= 15 is 0 Å². The van der Waals surface area contributed by atoms with Crippen LogP contribution < -0.4 is 16.2 Å². The fourth-order valence-electron chi connectivity index (χ4n) is 3.39. The number of benzene rings is 2. The molecule has 1 atom stereocenters. The number of aromatic nitrogens is 1. The standard InChI is InChI=1S/C24H22ClN3O7/c1-13(14-7-3-2-4-8-14)27-22(33)19-20(31)18(21(32)26-11-17(29)30)23(34)28(24(19)35)12-15-9-5-6-10-16(15)25/h2-10,13,31,34H,11-12H2,1H3,(H,26,32)(H,27,33)(H,29,30). The van der Waals surface area contributed by atoms with Gasteiger partial charge in [-0.3, -0.25) is 23.7 Å². The van der Waals surface area contributed by atoms with Crippen LogP contribution in [-0.4, -0.2) is 44.2 Å². The van der Waals surface area contributed by atoms with Crippen LogP contribution in [0.4, 0.5) is 0 Å². The van der Waals surface area contributed by atoms with Crippen LogP contribution in [0, 0.1) is 0 Å².